The van der Waals surface area contributed by atoms with Crippen LogP contribution in [0.2, 0.25) is 0 Å². The molecule has 0 saturated carbocycles. The number of fused-ring (bicyclic) bond motifs is 1. The number of anilines is 1. The molecule has 7 nitrogen and oxygen atoms in total. The van der Waals surface area contributed by atoms with Gasteiger partial charge in [-0.05, 0) is 28.5 Å². The Kier molecular flexibility index (Phi) is 6.51. The lowest BCUT2D eigenvalue weighted by Gasteiger charge is -2.09. The topological polar surface area (TPSA) is 86.1 Å². The van der Waals surface area contributed by atoms with E-state index in [1.807, 2.05) is 29.8 Å². The Bertz CT molecular complexity index is 1280. The molecule has 8 heteroatoms. The summed E-state index contributed by atoms with van der Waals surface area (Å²) in [4.78, 5) is 24.3. The molecule has 0 radical (unpaired) electrons. The average molecular weight is 447 g/mol. The maximum atomic E-state index is 12.5. The quantitative estimate of drug-likeness (QED) is 0.340. The summed E-state index contributed by atoms with van der Waals surface area (Å²) in [7, 11) is 3.20. The molecule has 4 aromatic rings. The number of hydrogen-bond donors (Lipinski definition) is 1. The Hall–Kier alpha value is -3.65. The molecule has 0 fully saturated rings. The number of benzene rings is 3. The van der Waals surface area contributed by atoms with Gasteiger partial charge in [0.25, 0.3) is 0 Å². The smallest absolute Gasteiger partial charge is 0.339 e. The second-order valence-electron chi connectivity index (χ2n) is 7.15. The normalized spacial score (nSPS) is 10.8. The first-order chi connectivity index (χ1) is 15.6. The van der Waals surface area contributed by atoms with E-state index in [2.05, 4.69) is 39.8 Å². The highest BCUT2D eigenvalue weighted by Gasteiger charge is 2.16. The minimum atomic E-state index is -0.500. The van der Waals surface area contributed by atoms with E-state index in [1.54, 1.807) is 24.3 Å². The predicted octanol–water partition coefficient (Wildman–Crippen LogP) is 4.08. The summed E-state index contributed by atoms with van der Waals surface area (Å²) in [6.45, 7) is 0. The summed E-state index contributed by atoms with van der Waals surface area (Å²) in [6, 6.07) is 21.2. The first kappa shape index (κ1) is 21.6. The van der Waals surface area contributed by atoms with Gasteiger partial charge < -0.3 is 14.6 Å². The van der Waals surface area contributed by atoms with Crippen molar-refractivity contribution in [2.45, 2.75) is 11.6 Å². The molecule has 4 rings (SSSR count). The van der Waals surface area contributed by atoms with Gasteiger partial charge in [-0.2, -0.15) is 0 Å². The zero-order chi connectivity index (χ0) is 22.5. The number of para-hydroxylation sites is 1. The third kappa shape index (κ3) is 4.65. The van der Waals surface area contributed by atoms with Crippen LogP contribution in [0.15, 0.2) is 71.9 Å². The van der Waals surface area contributed by atoms with Gasteiger partial charge >= 0.3 is 5.97 Å². The molecular formula is C24H22N4O3S. The van der Waals surface area contributed by atoms with Crippen LogP contribution in [0.5, 0.6) is 0 Å². The molecule has 0 bridgehead atoms. The second kappa shape index (κ2) is 9.65. The standard InChI is InChI=1S/C24H22N4O3S/c1-28-21(14-17-10-7-9-16-8-3-4-11-18(16)17)26-27-24(28)32-15-22(29)25-20-13-6-5-12-19(20)23(30)31-2/h3-13H,14-15H2,1-2H3,(H,25,29). The molecule has 162 valence electrons. The third-order valence-electron chi connectivity index (χ3n) is 5.09. The Balaban J connectivity index is 1.42. The summed E-state index contributed by atoms with van der Waals surface area (Å²) in [5, 5.41) is 14.4. The largest absolute Gasteiger partial charge is 0.465 e. The monoisotopic (exact) mass is 446 g/mol. The summed E-state index contributed by atoms with van der Waals surface area (Å²) < 4.78 is 6.67. The first-order valence-corrected chi connectivity index (χ1v) is 11.0. The number of hydrogen-bond acceptors (Lipinski definition) is 6. The maximum Gasteiger partial charge on any atom is 0.339 e. The number of nitrogens with one attached hydrogen (secondary N) is 1. The zero-order valence-electron chi connectivity index (χ0n) is 17.7. The Labute approximate surface area is 189 Å². The van der Waals surface area contributed by atoms with Gasteiger partial charge in [-0.1, -0.05) is 66.4 Å². The molecule has 1 N–H and O–H groups in total. The molecule has 1 heterocycles. The van der Waals surface area contributed by atoms with Crippen molar-refractivity contribution in [2.75, 3.05) is 18.2 Å². The van der Waals surface area contributed by atoms with Crippen molar-refractivity contribution in [3.63, 3.8) is 0 Å². The number of ether oxygens (including phenoxy) is 1. The van der Waals surface area contributed by atoms with E-state index in [9.17, 15) is 9.59 Å². The van der Waals surface area contributed by atoms with Crippen LogP contribution in [-0.4, -0.2) is 39.5 Å². The van der Waals surface area contributed by atoms with E-state index in [0.717, 1.165) is 5.82 Å². The van der Waals surface area contributed by atoms with Gasteiger partial charge in [-0.15, -0.1) is 10.2 Å². The molecule has 1 aromatic heterocycles. The van der Waals surface area contributed by atoms with Crippen LogP contribution in [0.4, 0.5) is 5.69 Å². The molecular weight excluding hydrogens is 424 g/mol. The number of methoxy groups -OCH3 is 1. The molecule has 0 aliphatic carbocycles. The molecule has 0 spiro atoms. The number of amides is 1. The van der Waals surface area contributed by atoms with Crippen LogP contribution in [0.25, 0.3) is 10.8 Å². The van der Waals surface area contributed by atoms with Gasteiger partial charge in [-0.25, -0.2) is 4.79 Å². The molecule has 0 saturated heterocycles. The van der Waals surface area contributed by atoms with Crippen molar-refractivity contribution in [2.24, 2.45) is 7.05 Å². The zero-order valence-corrected chi connectivity index (χ0v) is 18.6. The maximum absolute atomic E-state index is 12.5. The number of thioether (sulfide) groups is 1. The fourth-order valence-electron chi connectivity index (χ4n) is 3.44. The van der Waals surface area contributed by atoms with E-state index < -0.39 is 5.97 Å². The summed E-state index contributed by atoms with van der Waals surface area (Å²) in [6.07, 6.45) is 0.643. The van der Waals surface area contributed by atoms with Crippen LogP contribution in [0.3, 0.4) is 0 Å². The summed E-state index contributed by atoms with van der Waals surface area (Å²) >= 11 is 1.29. The molecule has 0 aliphatic rings. The molecule has 0 aliphatic heterocycles. The predicted molar refractivity (Wildman–Crippen MR) is 125 cm³/mol. The van der Waals surface area contributed by atoms with Crippen molar-refractivity contribution < 1.29 is 14.3 Å². The Morgan fingerprint density at radius 3 is 2.59 bits per heavy atom. The minimum Gasteiger partial charge on any atom is -0.465 e. The Morgan fingerprint density at radius 2 is 1.75 bits per heavy atom. The van der Waals surface area contributed by atoms with Gasteiger partial charge in [0.2, 0.25) is 5.91 Å². The minimum absolute atomic E-state index is 0.135. The average Bonchev–Trinajstić information content (AvgIpc) is 3.17. The molecule has 1 amide bonds. The lowest BCUT2D eigenvalue weighted by molar-refractivity contribution is -0.113. The van der Waals surface area contributed by atoms with Crippen molar-refractivity contribution in [3.05, 3.63) is 83.7 Å². The number of carbonyl (C=O) groups is 2. The number of aromatic nitrogens is 3. The number of carbonyl (C=O) groups excluding carboxylic acids is 2. The lowest BCUT2D eigenvalue weighted by atomic mass is 10.0. The Morgan fingerprint density at radius 1 is 1.00 bits per heavy atom. The molecule has 32 heavy (non-hydrogen) atoms. The van der Waals surface area contributed by atoms with Crippen molar-refractivity contribution >= 4 is 40.1 Å². The highest BCUT2D eigenvalue weighted by Crippen LogP contribution is 2.23. The van der Waals surface area contributed by atoms with E-state index in [-0.39, 0.29) is 11.7 Å². The van der Waals surface area contributed by atoms with Crippen molar-refractivity contribution in [1.29, 1.82) is 0 Å². The van der Waals surface area contributed by atoms with E-state index in [0.29, 0.717) is 22.8 Å². The van der Waals surface area contributed by atoms with Gasteiger partial charge in [-0.3, -0.25) is 4.79 Å². The fourth-order valence-corrected chi connectivity index (χ4v) is 4.17. The van der Waals surface area contributed by atoms with Crippen LogP contribution in [-0.2, 0) is 23.0 Å². The number of rotatable bonds is 7. The molecule has 0 unspecified atom stereocenters. The molecule has 0 atom stereocenters. The van der Waals surface area contributed by atoms with Crippen LogP contribution in [0.1, 0.15) is 21.7 Å². The first-order valence-electron chi connectivity index (χ1n) is 10.0. The van der Waals surface area contributed by atoms with E-state index >= 15 is 0 Å². The van der Waals surface area contributed by atoms with Crippen molar-refractivity contribution in [3.8, 4) is 0 Å². The van der Waals surface area contributed by atoms with E-state index in [4.69, 9.17) is 4.74 Å². The van der Waals surface area contributed by atoms with Crippen LogP contribution in [0, 0.1) is 0 Å². The van der Waals surface area contributed by atoms with Crippen LogP contribution >= 0.6 is 11.8 Å². The van der Waals surface area contributed by atoms with Gasteiger partial charge in [0.1, 0.15) is 5.82 Å². The SMILES string of the molecule is COC(=O)c1ccccc1NC(=O)CSc1nnc(Cc2cccc3ccccc23)n1C. The van der Waals surface area contributed by atoms with Gasteiger partial charge in [0, 0.05) is 13.5 Å². The fraction of sp³-hybridized carbons (Fsp3) is 0.167. The number of nitrogens with zero attached hydrogens (tertiary/aromatic N) is 3. The van der Waals surface area contributed by atoms with Crippen molar-refractivity contribution in [1.82, 2.24) is 14.8 Å². The lowest BCUT2D eigenvalue weighted by Crippen LogP contribution is -2.17. The van der Waals surface area contributed by atoms with E-state index in [1.165, 1.54) is 35.2 Å². The molecule has 3 aromatic carbocycles. The third-order valence-corrected chi connectivity index (χ3v) is 6.11. The summed E-state index contributed by atoms with van der Waals surface area (Å²) in [5.74, 6) is 0.209. The highest BCUT2D eigenvalue weighted by atomic mass is 32.2. The highest BCUT2D eigenvalue weighted by molar-refractivity contribution is 7.99. The van der Waals surface area contributed by atoms with Crippen LogP contribution < -0.4 is 5.32 Å². The van der Waals surface area contributed by atoms with Gasteiger partial charge in [0.15, 0.2) is 5.16 Å². The van der Waals surface area contributed by atoms with Gasteiger partial charge in [0.05, 0.1) is 24.1 Å². The number of esters is 1. The summed E-state index contributed by atoms with van der Waals surface area (Å²) in [5.41, 5.74) is 1.90. The second-order valence-corrected chi connectivity index (χ2v) is 8.09.